The first-order chi connectivity index (χ1) is 11.4. The Morgan fingerprint density at radius 2 is 1.92 bits per heavy atom. The Morgan fingerprint density at radius 3 is 2.46 bits per heavy atom. The SMILES string of the molecule is CCCNC(=O)CNC(=O)c1cc(OCC)c(OC)cc1[N+](=O)[O-]. The van der Waals surface area contributed by atoms with Crippen LogP contribution in [0.1, 0.15) is 30.6 Å². The number of hydrogen-bond acceptors (Lipinski definition) is 6. The number of carbonyl (C=O) groups excluding carboxylic acids is 2. The van der Waals surface area contributed by atoms with E-state index in [0.29, 0.717) is 13.2 Å². The monoisotopic (exact) mass is 339 g/mol. The van der Waals surface area contributed by atoms with Crippen LogP contribution in [0, 0.1) is 10.1 Å². The minimum Gasteiger partial charge on any atom is -0.493 e. The van der Waals surface area contributed by atoms with Crippen molar-refractivity contribution < 1.29 is 24.0 Å². The molecule has 0 aliphatic rings. The van der Waals surface area contributed by atoms with E-state index in [0.717, 1.165) is 12.5 Å². The summed E-state index contributed by atoms with van der Waals surface area (Å²) in [5.74, 6) is -0.740. The molecule has 0 unspecified atom stereocenters. The summed E-state index contributed by atoms with van der Waals surface area (Å²) in [6.07, 6.45) is 0.765. The Hall–Kier alpha value is -2.84. The van der Waals surface area contributed by atoms with E-state index < -0.39 is 16.5 Å². The normalized spacial score (nSPS) is 9.96. The van der Waals surface area contributed by atoms with Crippen molar-refractivity contribution in [2.45, 2.75) is 20.3 Å². The zero-order valence-electron chi connectivity index (χ0n) is 13.9. The van der Waals surface area contributed by atoms with Gasteiger partial charge in [-0.15, -0.1) is 0 Å². The quantitative estimate of drug-likeness (QED) is 0.516. The average molecular weight is 339 g/mol. The number of benzene rings is 1. The average Bonchev–Trinajstić information content (AvgIpc) is 2.57. The Labute approximate surface area is 139 Å². The third-order valence-corrected chi connectivity index (χ3v) is 3.00. The second-order valence-corrected chi connectivity index (χ2v) is 4.74. The maximum Gasteiger partial charge on any atom is 0.286 e. The van der Waals surface area contributed by atoms with Crippen molar-refractivity contribution in [2.24, 2.45) is 0 Å². The Bertz CT molecular complexity index is 617. The molecule has 0 aromatic heterocycles. The second-order valence-electron chi connectivity index (χ2n) is 4.74. The van der Waals surface area contributed by atoms with Crippen molar-refractivity contribution in [2.75, 3.05) is 26.8 Å². The molecular formula is C15H21N3O6. The van der Waals surface area contributed by atoms with Crippen LogP contribution in [0.15, 0.2) is 12.1 Å². The lowest BCUT2D eigenvalue weighted by Crippen LogP contribution is -2.37. The first kappa shape index (κ1) is 19.2. The van der Waals surface area contributed by atoms with Gasteiger partial charge in [-0.05, 0) is 13.3 Å². The second kappa shape index (κ2) is 9.33. The molecule has 0 saturated carbocycles. The molecule has 24 heavy (non-hydrogen) atoms. The van der Waals surface area contributed by atoms with Crippen molar-refractivity contribution in [3.8, 4) is 11.5 Å². The molecule has 0 atom stereocenters. The largest absolute Gasteiger partial charge is 0.493 e. The molecule has 9 heteroatoms. The van der Waals surface area contributed by atoms with E-state index in [1.54, 1.807) is 6.92 Å². The number of nitrogens with one attached hydrogen (secondary N) is 2. The van der Waals surface area contributed by atoms with Crippen LogP contribution in [0.5, 0.6) is 11.5 Å². The molecule has 0 heterocycles. The van der Waals surface area contributed by atoms with Gasteiger partial charge in [0.15, 0.2) is 11.5 Å². The van der Waals surface area contributed by atoms with Gasteiger partial charge < -0.3 is 20.1 Å². The fourth-order valence-corrected chi connectivity index (χ4v) is 1.89. The zero-order valence-corrected chi connectivity index (χ0v) is 13.9. The van der Waals surface area contributed by atoms with Crippen LogP contribution in [-0.4, -0.2) is 43.5 Å². The van der Waals surface area contributed by atoms with Crippen LogP contribution >= 0.6 is 0 Å². The summed E-state index contributed by atoms with van der Waals surface area (Å²) in [6, 6.07) is 2.36. The number of ether oxygens (including phenoxy) is 2. The van der Waals surface area contributed by atoms with E-state index >= 15 is 0 Å². The van der Waals surface area contributed by atoms with Crippen molar-refractivity contribution in [3.63, 3.8) is 0 Å². The number of amides is 2. The maximum absolute atomic E-state index is 12.2. The third-order valence-electron chi connectivity index (χ3n) is 3.00. The summed E-state index contributed by atoms with van der Waals surface area (Å²) >= 11 is 0. The minimum atomic E-state index is -0.739. The van der Waals surface area contributed by atoms with E-state index in [1.165, 1.54) is 13.2 Å². The molecule has 1 aromatic rings. The number of methoxy groups -OCH3 is 1. The molecule has 132 valence electrons. The highest BCUT2D eigenvalue weighted by Gasteiger charge is 2.24. The Kier molecular flexibility index (Phi) is 7.47. The molecule has 1 rings (SSSR count). The molecule has 9 nitrogen and oxygen atoms in total. The highest BCUT2D eigenvalue weighted by Crippen LogP contribution is 2.34. The first-order valence-corrected chi connectivity index (χ1v) is 7.48. The summed E-state index contributed by atoms with van der Waals surface area (Å²) in [5.41, 5.74) is -0.630. The lowest BCUT2D eigenvalue weighted by molar-refractivity contribution is -0.385. The standard InChI is InChI=1S/C15H21N3O6/c1-4-6-16-14(19)9-17-15(20)10-7-13(24-5-2)12(23-3)8-11(10)18(21)22/h7-8H,4-6,9H2,1-3H3,(H,16,19)(H,17,20). The number of carbonyl (C=O) groups is 2. The Morgan fingerprint density at radius 1 is 1.21 bits per heavy atom. The zero-order chi connectivity index (χ0) is 18.1. The van der Waals surface area contributed by atoms with E-state index in [-0.39, 0.29) is 29.5 Å². The molecule has 0 radical (unpaired) electrons. The summed E-state index contributed by atoms with van der Waals surface area (Å²) in [5, 5.41) is 16.1. The van der Waals surface area contributed by atoms with Crippen molar-refractivity contribution in [1.29, 1.82) is 0 Å². The fraction of sp³-hybridized carbons (Fsp3) is 0.467. The van der Waals surface area contributed by atoms with Crippen LogP contribution < -0.4 is 20.1 Å². The lowest BCUT2D eigenvalue weighted by Gasteiger charge is -2.12. The number of hydrogen-bond donors (Lipinski definition) is 2. The molecule has 0 saturated heterocycles. The number of nitro groups is 1. The van der Waals surface area contributed by atoms with Crippen LogP contribution in [-0.2, 0) is 4.79 Å². The van der Waals surface area contributed by atoms with Gasteiger partial charge in [0.1, 0.15) is 5.56 Å². The molecule has 2 amide bonds. The Balaban J connectivity index is 3.02. The van der Waals surface area contributed by atoms with Crippen LogP contribution in [0.3, 0.4) is 0 Å². The van der Waals surface area contributed by atoms with Gasteiger partial charge in [-0.1, -0.05) is 6.92 Å². The molecule has 1 aromatic carbocycles. The predicted molar refractivity (Wildman–Crippen MR) is 86.5 cm³/mol. The smallest absolute Gasteiger partial charge is 0.286 e. The number of rotatable bonds is 9. The highest BCUT2D eigenvalue weighted by molar-refractivity contribution is 6.00. The molecular weight excluding hydrogens is 318 g/mol. The maximum atomic E-state index is 12.2. The first-order valence-electron chi connectivity index (χ1n) is 7.48. The van der Waals surface area contributed by atoms with Gasteiger partial charge in [0.05, 0.1) is 31.3 Å². The van der Waals surface area contributed by atoms with E-state index in [9.17, 15) is 19.7 Å². The van der Waals surface area contributed by atoms with E-state index in [4.69, 9.17) is 9.47 Å². The third kappa shape index (κ3) is 5.11. The van der Waals surface area contributed by atoms with Gasteiger partial charge in [-0.2, -0.15) is 0 Å². The van der Waals surface area contributed by atoms with Crippen molar-refractivity contribution >= 4 is 17.5 Å². The lowest BCUT2D eigenvalue weighted by atomic mass is 10.1. The van der Waals surface area contributed by atoms with Crippen molar-refractivity contribution in [1.82, 2.24) is 10.6 Å². The molecule has 0 aliphatic heterocycles. The van der Waals surface area contributed by atoms with Gasteiger partial charge in [-0.25, -0.2) is 0 Å². The van der Waals surface area contributed by atoms with Gasteiger partial charge in [0.25, 0.3) is 11.6 Å². The number of nitro benzene ring substituents is 1. The van der Waals surface area contributed by atoms with E-state index in [1.807, 2.05) is 6.92 Å². The summed E-state index contributed by atoms with van der Waals surface area (Å²) in [6.45, 7) is 4.15. The fourth-order valence-electron chi connectivity index (χ4n) is 1.89. The van der Waals surface area contributed by atoms with Gasteiger partial charge in [-0.3, -0.25) is 19.7 Å². The minimum absolute atomic E-state index is 0.154. The van der Waals surface area contributed by atoms with Gasteiger partial charge in [0, 0.05) is 12.6 Å². The summed E-state index contributed by atoms with van der Waals surface area (Å²) in [4.78, 5) is 34.2. The van der Waals surface area contributed by atoms with Crippen LogP contribution in [0.4, 0.5) is 5.69 Å². The molecule has 0 aliphatic carbocycles. The molecule has 2 N–H and O–H groups in total. The van der Waals surface area contributed by atoms with Crippen LogP contribution in [0.2, 0.25) is 0 Å². The summed E-state index contributed by atoms with van der Waals surface area (Å²) in [7, 11) is 1.35. The number of nitrogens with zero attached hydrogens (tertiary/aromatic N) is 1. The topological polar surface area (TPSA) is 120 Å². The van der Waals surface area contributed by atoms with E-state index in [2.05, 4.69) is 10.6 Å². The van der Waals surface area contributed by atoms with Gasteiger partial charge >= 0.3 is 0 Å². The predicted octanol–water partition coefficient (Wildman–Crippen LogP) is 1.26. The van der Waals surface area contributed by atoms with Gasteiger partial charge in [0.2, 0.25) is 5.91 Å². The van der Waals surface area contributed by atoms with Crippen molar-refractivity contribution in [3.05, 3.63) is 27.8 Å². The molecule has 0 bridgehead atoms. The highest BCUT2D eigenvalue weighted by atomic mass is 16.6. The summed E-state index contributed by atoms with van der Waals surface area (Å²) < 4.78 is 10.4. The molecule has 0 spiro atoms. The molecule has 0 fully saturated rings. The van der Waals surface area contributed by atoms with Crippen LogP contribution in [0.25, 0.3) is 0 Å².